The van der Waals surface area contributed by atoms with E-state index in [9.17, 15) is 35.9 Å². The third-order valence-corrected chi connectivity index (χ3v) is 9.80. The van der Waals surface area contributed by atoms with Crippen molar-refractivity contribution in [3.8, 4) is 0 Å². The van der Waals surface area contributed by atoms with Gasteiger partial charge in [0.15, 0.2) is 0 Å². The van der Waals surface area contributed by atoms with Crippen molar-refractivity contribution in [3.05, 3.63) is 77.9 Å². The summed E-state index contributed by atoms with van der Waals surface area (Å²) in [5.41, 5.74) is -3.33. The van der Waals surface area contributed by atoms with Crippen molar-refractivity contribution >= 4 is 46.4 Å². The maximum atomic E-state index is 13.7. The van der Waals surface area contributed by atoms with Crippen molar-refractivity contribution < 1.29 is 45.4 Å². The van der Waals surface area contributed by atoms with Gasteiger partial charge in [-0.2, -0.15) is 37.2 Å². The summed E-state index contributed by atoms with van der Waals surface area (Å²) in [4.78, 5) is 26.8. The molecular formula is C32H34F6O4S3. The molecule has 0 aliphatic heterocycles. The normalized spacial score (nSPS) is 12.9. The Hall–Kier alpha value is -2.77. The van der Waals surface area contributed by atoms with Crippen LogP contribution in [0.25, 0.3) is 0 Å². The summed E-state index contributed by atoms with van der Waals surface area (Å²) < 4.78 is 93.2. The fourth-order valence-corrected chi connectivity index (χ4v) is 8.18. The first-order chi connectivity index (χ1) is 20.6. The number of esters is 2. The van der Waals surface area contributed by atoms with Gasteiger partial charge in [-0.05, 0) is 111 Å². The van der Waals surface area contributed by atoms with Crippen LogP contribution in [-0.4, -0.2) is 34.6 Å². The van der Waals surface area contributed by atoms with Crippen LogP contribution in [0.15, 0.2) is 91.2 Å². The van der Waals surface area contributed by atoms with Crippen molar-refractivity contribution in [2.45, 2.75) is 89.6 Å². The molecule has 0 aliphatic rings. The lowest BCUT2D eigenvalue weighted by Crippen LogP contribution is -2.25. The first-order valence-electron chi connectivity index (χ1n) is 13.6. The van der Waals surface area contributed by atoms with Crippen LogP contribution in [0.1, 0.15) is 52.7 Å². The van der Waals surface area contributed by atoms with Gasteiger partial charge in [0.2, 0.25) is 0 Å². The SMILES string of the molecule is CC(C)(C)OC(=O)CSc1cc(SCC(=O)OC(C)(C)C)cc([SH](c2cccc(C(F)(F)F)c2)c2cccc(C(F)(F)F)c2)c1. The molecule has 0 aliphatic carbocycles. The van der Waals surface area contributed by atoms with Crippen LogP contribution < -0.4 is 0 Å². The Morgan fingerprint density at radius 1 is 0.600 bits per heavy atom. The Kier molecular flexibility index (Phi) is 11.7. The fourth-order valence-electron chi connectivity index (χ4n) is 3.97. The Morgan fingerprint density at radius 3 is 1.31 bits per heavy atom. The second-order valence-corrected chi connectivity index (χ2v) is 16.2. The molecule has 0 heterocycles. The number of halogens is 6. The number of benzene rings is 3. The van der Waals surface area contributed by atoms with Gasteiger partial charge in [-0.1, -0.05) is 12.1 Å². The smallest absolute Gasteiger partial charge is 0.416 e. The van der Waals surface area contributed by atoms with Crippen LogP contribution in [0.2, 0.25) is 0 Å². The highest BCUT2D eigenvalue weighted by atomic mass is 32.2. The number of carbonyl (C=O) groups excluding carboxylic acids is 2. The Labute approximate surface area is 270 Å². The maximum Gasteiger partial charge on any atom is 0.416 e. The predicted molar refractivity (Wildman–Crippen MR) is 166 cm³/mol. The zero-order chi connectivity index (χ0) is 33.8. The first kappa shape index (κ1) is 36.7. The average molecular weight is 693 g/mol. The quantitative estimate of drug-likeness (QED) is 0.104. The van der Waals surface area contributed by atoms with Crippen LogP contribution in [-0.2, 0) is 31.4 Å². The largest absolute Gasteiger partial charge is 0.459 e. The fraction of sp³-hybridized carbons (Fsp3) is 0.375. The molecule has 0 saturated carbocycles. The van der Waals surface area contributed by atoms with Gasteiger partial charge in [-0.3, -0.25) is 9.59 Å². The number of carbonyl (C=O) groups is 2. The van der Waals surface area contributed by atoms with Gasteiger partial charge in [0.05, 0.1) is 22.6 Å². The summed E-state index contributed by atoms with van der Waals surface area (Å²) in [5, 5.41) is 0. The highest BCUT2D eigenvalue weighted by Gasteiger charge is 2.33. The Morgan fingerprint density at radius 2 is 0.978 bits per heavy atom. The van der Waals surface area contributed by atoms with E-state index in [2.05, 4.69) is 0 Å². The molecule has 0 saturated heterocycles. The van der Waals surface area contributed by atoms with E-state index in [4.69, 9.17) is 9.47 Å². The molecule has 0 amide bonds. The van der Waals surface area contributed by atoms with Crippen LogP contribution >= 0.6 is 34.4 Å². The van der Waals surface area contributed by atoms with Gasteiger partial charge in [-0.25, -0.2) is 0 Å². The molecule has 0 aromatic heterocycles. The van der Waals surface area contributed by atoms with E-state index >= 15 is 0 Å². The molecule has 45 heavy (non-hydrogen) atoms. The lowest BCUT2D eigenvalue weighted by molar-refractivity contribution is -0.152. The van der Waals surface area contributed by atoms with Gasteiger partial charge < -0.3 is 9.47 Å². The molecule has 0 unspecified atom stereocenters. The topological polar surface area (TPSA) is 52.6 Å². The van der Waals surface area contributed by atoms with Crippen molar-refractivity contribution in [3.63, 3.8) is 0 Å². The summed E-state index contributed by atoms with van der Waals surface area (Å²) in [6.45, 7) is 10.3. The van der Waals surface area contributed by atoms with Crippen LogP contribution in [0.5, 0.6) is 0 Å². The minimum atomic E-state index is -4.68. The molecule has 0 spiro atoms. The van der Waals surface area contributed by atoms with Gasteiger partial charge in [0.25, 0.3) is 0 Å². The van der Waals surface area contributed by atoms with E-state index in [0.29, 0.717) is 14.7 Å². The molecule has 4 nitrogen and oxygen atoms in total. The monoisotopic (exact) mass is 692 g/mol. The van der Waals surface area contributed by atoms with E-state index in [0.717, 1.165) is 47.8 Å². The summed E-state index contributed by atoms with van der Waals surface area (Å²) >= 11 is 2.22. The molecule has 3 aromatic carbocycles. The zero-order valence-electron chi connectivity index (χ0n) is 25.4. The summed E-state index contributed by atoms with van der Waals surface area (Å²) in [6, 6.07) is 14.1. The second kappa shape index (κ2) is 14.3. The molecule has 0 fully saturated rings. The predicted octanol–water partition coefficient (Wildman–Crippen LogP) is 10.1. The van der Waals surface area contributed by atoms with Gasteiger partial charge in [0, 0.05) is 9.79 Å². The van der Waals surface area contributed by atoms with Crippen molar-refractivity contribution in [2.24, 2.45) is 0 Å². The number of ether oxygens (including phenoxy) is 2. The molecule has 0 bridgehead atoms. The van der Waals surface area contributed by atoms with Gasteiger partial charge in [0.1, 0.15) is 11.2 Å². The average Bonchev–Trinajstić information content (AvgIpc) is 2.88. The molecular weight excluding hydrogens is 659 g/mol. The zero-order valence-corrected chi connectivity index (χ0v) is 28.0. The van der Waals surface area contributed by atoms with Crippen molar-refractivity contribution in [1.82, 2.24) is 0 Å². The van der Waals surface area contributed by atoms with Gasteiger partial charge >= 0.3 is 24.3 Å². The number of rotatable bonds is 9. The van der Waals surface area contributed by atoms with E-state index in [1.165, 1.54) is 24.3 Å². The van der Waals surface area contributed by atoms with E-state index in [1.54, 1.807) is 59.7 Å². The summed E-state index contributed by atoms with van der Waals surface area (Å²) in [5.74, 6) is -1.19. The maximum absolute atomic E-state index is 13.7. The highest BCUT2D eigenvalue weighted by molar-refractivity contribution is 8.17. The Balaban J connectivity index is 2.16. The molecule has 13 heteroatoms. The second-order valence-electron chi connectivity index (χ2n) is 11.8. The summed E-state index contributed by atoms with van der Waals surface area (Å²) in [7, 11) is -1.96. The van der Waals surface area contributed by atoms with Crippen LogP contribution in [0.3, 0.4) is 0 Å². The first-order valence-corrected chi connectivity index (χ1v) is 16.9. The minimum absolute atomic E-state index is 0.0953. The number of thiol groups is 1. The van der Waals surface area contributed by atoms with Crippen LogP contribution in [0.4, 0.5) is 26.3 Å². The lowest BCUT2D eigenvalue weighted by Gasteiger charge is -2.26. The Bertz CT molecular complexity index is 1400. The minimum Gasteiger partial charge on any atom is -0.459 e. The number of thioether (sulfide) groups is 2. The van der Waals surface area contributed by atoms with Gasteiger partial charge in [-0.15, -0.1) is 23.5 Å². The molecule has 3 aromatic rings. The third kappa shape index (κ3) is 11.8. The van der Waals surface area contributed by atoms with Crippen molar-refractivity contribution in [1.29, 1.82) is 0 Å². The third-order valence-electron chi connectivity index (χ3n) is 5.54. The number of hydrogen-bond donors (Lipinski definition) is 1. The van der Waals surface area contributed by atoms with Crippen molar-refractivity contribution in [2.75, 3.05) is 11.5 Å². The molecule has 3 rings (SSSR count). The van der Waals surface area contributed by atoms with E-state index in [1.807, 2.05) is 0 Å². The standard InChI is InChI=1S/C32H34F6O4S3/c1-29(2,3)41-27(39)18-43-22-15-23(44-19-28(40)42-30(4,5)6)17-26(16-22)45(24-11-7-9-20(13-24)31(33,34)35)25-12-8-10-21(14-25)32(36,37)38/h7-17,45H,18-19H2,1-6H3. The molecule has 0 N–H and O–H groups in total. The lowest BCUT2D eigenvalue weighted by atomic mass is 10.2. The number of hydrogen-bond acceptors (Lipinski definition) is 6. The molecule has 0 radical (unpaired) electrons. The van der Waals surface area contributed by atoms with Crippen LogP contribution in [0, 0.1) is 0 Å². The van der Waals surface area contributed by atoms with E-state index in [-0.39, 0.29) is 21.3 Å². The summed E-state index contributed by atoms with van der Waals surface area (Å²) in [6.07, 6.45) is -9.35. The highest BCUT2D eigenvalue weighted by Crippen LogP contribution is 2.54. The number of alkyl halides is 6. The van der Waals surface area contributed by atoms with E-state index < -0.39 is 57.5 Å². The molecule has 0 atom stereocenters. The molecule has 246 valence electrons.